The highest BCUT2D eigenvalue weighted by atomic mass is 16.5. The van der Waals surface area contributed by atoms with E-state index in [0.717, 1.165) is 40.3 Å². The van der Waals surface area contributed by atoms with Crippen molar-refractivity contribution in [3.05, 3.63) is 70.9 Å². The molecule has 33 heavy (non-hydrogen) atoms. The molecule has 174 valence electrons. The fourth-order valence-electron chi connectivity index (χ4n) is 4.60. The van der Waals surface area contributed by atoms with E-state index in [2.05, 4.69) is 26.1 Å². The van der Waals surface area contributed by atoms with Crippen LogP contribution in [0.2, 0.25) is 0 Å². The first-order chi connectivity index (χ1) is 15.9. The van der Waals surface area contributed by atoms with E-state index in [0.29, 0.717) is 38.4 Å². The minimum absolute atomic E-state index is 0.0318. The lowest BCUT2D eigenvalue weighted by Crippen LogP contribution is -2.38. The largest absolute Gasteiger partial charge is 0.494 e. The van der Waals surface area contributed by atoms with Crippen LogP contribution in [0.3, 0.4) is 0 Å². The van der Waals surface area contributed by atoms with Gasteiger partial charge in [-0.1, -0.05) is 45.0 Å². The van der Waals surface area contributed by atoms with Crippen LogP contribution in [0.25, 0.3) is 0 Å². The monoisotopic (exact) mass is 447 g/mol. The summed E-state index contributed by atoms with van der Waals surface area (Å²) in [7, 11) is 0. The third-order valence-corrected chi connectivity index (χ3v) is 6.23. The minimum atomic E-state index is -0.203. The molecule has 1 N–H and O–H groups in total. The molecule has 0 spiro atoms. The van der Waals surface area contributed by atoms with Gasteiger partial charge in [0.05, 0.1) is 13.2 Å². The van der Waals surface area contributed by atoms with E-state index < -0.39 is 0 Å². The molecular weight excluding hydrogens is 414 g/mol. The first kappa shape index (κ1) is 23.1. The van der Waals surface area contributed by atoms with Gasteiger partial charge >= 0.3 is 0 Å². The van der Waals surface area contributed by atoms with Gasteiger partial charge in [-0.05, 0) is 60.1 Å². The molecule has 0 radical (unpaired) electrons. The molecule has 1 aliphatic heterocycles. The molecule has 5 heteroatoms. The number of rotatable bonds is 8. The summed E-state index contributed by atoms with van der Waals surface area (Å²) < 4.78 is 11.5. The first-order valence-electron chi connectivity index (χ1n) is 12.0. The summed E-state index contributed by atoms with van der Waals surface area (Å²) in [6.07, 6.45) is 2.37. The quantitative estimate of drug-likeness (QED) is 0.579. The van der Waals surface area contributed by atoms with Crippen molar-refractivity contribution in [2.75, 3.05) is 13.2 Å². The lowest BCUT2D eigenvalue weighted by Gasteiger charge is -2.34. The van der Waals surface area contributed by atoms with Gasteiger partial charge in [-0.25, -0.2) is 0 Å². The number of hydrogen-bond donors (Lipinski definition) is 1. The molecule has 4 rings (SSSR count). The fourth-order valence-corrected chi connectivity index (χ4v) is 4.60. The van der Waals surface area contributed by atoms with Gasteiger partial charge < -0.3 is 14.8 Å². The van der Waals surface area contributed by atoms with Gasteiger partial charge in [0.2, 0.25) is 5.91 Å². The summed E-state index contributed by atoms with van der Waals surface area (Å²) in [5, 5.41) is 3.00. The Balaban J connectivity index is 1.53. The summed E-state index contributed by atoms with van der Waals surface area (Å²) in [6.45, 7) is 7.65. The SMILES string of the molecule is CCCOc1ccc(C2CC(=O)C3=C(C2)NC(=O)CC3c2ccc(OCC(C)C)cc2)cc1. The molecule has 2 aromatic rings. The average molecular weight is 448 g/mol. The number of nitrogens with one attached hydrogen (secondary N) is 1. The molecule has 2 unspecified atom stereocenters. The van der Waals surface area contributed by atoms with Crippen molar-refractivity contribution in [1.29, 1.82) is 0 Å². The molecule has 0 saturated heterocycles. The molecule has 2 aromatic carbocycles. The molecule has 0 saturated carbocycles. The van der Waals surface area contributed by atoms with E-state index in [-0.39, 0.29) is 23.5 Å². The van der Waals surface area contributed by atoms with Gasteiger partial charge in [0.15, 0.2) is 5.78 Å². The molecule has 0 aromatic heterocycles. The van der Waals surface area contributed by atoms with Crippen LogP contribution in [0.4, 0.5) is 0 Å². The molecule has 2 atom stereocenters. The number of Topliss-reactive ketones (excluding diaryl/α,β-unsaturated/α-hetero) is 1. The van der Waals surface area contributed by atoms with Gasteiger partial charge in [0, 0.05) is 30.0 Å². The van der Waals surface area contributed by atoms with Gasteiger partial charge in [-0.2, -0.15) is 0 Å². The van der Waals surface area contributed by atoms with Crippen LogP contribution in [-0.4, -0.2) is 24.9 Å². The summed E-state index contributed by atoms with van der Waals surface area (Å²) >= 11 is 0. The summed E-state index contributed by atoms with van der Waals surface area (Å²) in [4.78, 5) is 25.8. The van der Waals surface area contributed by atoms with Crippen LogP contribution in [0, 0.1) is 5.92 Å². The molecule has 1 heterocycles. The predicted molar refractivity (Wildman–Crippen MR) is 129 cm³/mol. The molecule has 0 bridgehead atoms. The van der Waals surface area contributed by atoms with Gasteiger partial charge in [-0.3, -0.25) is 9.59 Å². The second-order valence-corrected chi connectivity index (χ2v) is 9.42. The fraction of sp³-hybridized carbons (Fsp3) is 0.429. The summed E-state index contributed by atoms with van der Waals surface area (Å²) in [5.41, 5.74) is 3.63. The number of allylic oxidation sites excluding steroid dienone is 2. The zero-order valence-corrected chi connectivity index (χ0v) is 19.7. The molecule has 5 nitrogen and oxygen atoms in total. The number of benzene rings is 2. The Morgan fingerprint density at radius 3 is 2.15 bits per heavy atom. The van der Waals surface area contributed by atoms with Gasteiger partial charge in [0.25, 0.3) is 0 Å². The Kier molecular flexibility index (Phi) is 7.17. The standard InChI is InChI=1S/C28H33NO4/c1-4-13-32-22-9-5-19(6-10-22)21-14-25-28(26(30)15-21)24(16-27(31)29-25)20-7-11-23(12-8-20)33-17-18(2)3/h5-12,18,21,24H,4,13-17H2,1-3H3,(H,29,31). The van der Waals surface area contributed by atoms with Crippen LogP contribution >= 0.6 is 0 Å². The Hall–Kier alpha value is -3.08. The third kappa shape index (κ3) is 5.47. The number of amides is 1. The van der Waals surface area contributed by atoms with E-state index in [4.69, 9.17) is 9.47 Å². The summed E-state index contributed by atoms with van der Waals surface area (Å²) in [6, 6.07) is 15.8. The topological polar surface area (TPSA) is 64.6 Å². The van der Waals surface area contributed by atoms with E-state index in [1.807, 2.05) is 48.5 Å². The van der Waals surface area contributed by atoms with Crippen molar-refractivity contribution >= 4 is 11.7 Å². The molecule has 2 aliphatic rings. The zero-order valence-electron chi connectivity index (χ0n) is 19.7. The first-order valence-corrected chi connectivity index (χ1v) is 12.0. The third-order valence-electron chi connectivity index (χ3n) is 6.23. The zero-order chi connectivity index (χ0) is 23.4. The van der Waals surface area contributed by atoms with E-state index in [9.17, 15) is 9.59 Å². The molecule has 1 aliphatic carbocycles. The van der Waals surface area contributed by atoms with Crippen molar-refractivity contribution < 1.29 is 19.1 Å². The second kappa shape index (κ2) is 10.2. The normalized spacial score (nSPS) is 20.5. The van der Waals surface area contributed by atoms with E-state index >= 15 is 0 Å². The smallest absolute Gasteiger partial charge is 0.225 e. The van der Waals surface area contributed by atoms with Gasteiger partial charge in [-0.15, -0.1) is 0 Å². The lowest BCUT2D eigenvalue weighted by atomic mass is 9.73. The highest BCUT2D eigenvalue weighted by molar-refractivity contribution is 6.02. The van der Waals surface area contributed by atoms with Crippen molar-refractivity contribution in [1.82, 2.24) is 5.32 Å². The van der Waals surface area contributed by atoms with Crippen LogP contribution in [0.15, 0.2) is 59.8 Å². The van der Waals surface area contributed by atoms with Gasteiger partial charge in [0.1, 0.15) is 11.5 Å². The minimum Gasteiger partial charge on any atom is -0.494 e. The Morgan fingerprint density at radius 2 is 1.52 bits per heavy atom. The van der Waals surface area contributed by atoms with Crippen LogP contribution in [0.1, 0.15) is 69.4 Å². The maximum atomic E-state index is 13.3. The predicted octanol–water partition coefficient (Wildman–Crippen LogP) is 5.51. The maximum Gasteiger partial charge on any atom is 0.225 e. The number of carbonyl (C=O) groups is 2. The molecule has 0 fully saturated rings. The molecule has 1 amide bonds. The van der Waals surface area contributed by atoms with Crippen molar-refractivity contribution in [3.8, 4) is 11.5 Å². The number of ether oxygens (including phenoxy) is 2. The van der Waals surface area contributed by atoms with Crippen molar-refractivity contribution in [3.63, 3.8) is 0 Å². The van der Waals surface area contributed by atoms with Crippen molar-refractivity contribution in [2.24, 2.45) is 5.92 Å². The number of ketones is 1. The second-order valence-electron chi connectivity index (χ2n) is 9.42. The van der Waals surface area contributed by atoms with E-state index in [1.165, 1.54) is 0 Å². The average Bonchev–Trinajstić information content (AvgIpc) is 2.81. The Labute approximate surface area is 196 Å². The van der Waals surface area contributed by atoms with E-state index in [1.54, 1.807) is 0 Å². The molecular formula is C28H33NO4. The lowest BCUT2D eigenvalue weighted by molar-refractivity contribution is -0.122. The highest BCUT2D eigenvalue weighted by Gasteiger charge is 2.38. The number of carbonyl (C=O) groups excluding carboxylic acids is 2. The maximum absolute atomic E-state index is 13.3. The van der Waals surface area contributed by atoms with Crippen LogP contribution < -0.4 is 14.8 Å². The number of hydrogen-bond acceptors (Lipinski definition) is 4. The highest BCUT2D eigenvalue weighted by Crippen LogP contribution is 2.43. The Morgan fingerprint density at radius 1 is 0.879 bits per heavy atom. The van der Waals surface area contributed by atoms with Crippen molar-refractivity contribution in [2.45, 2.75) is 58.3 Å². The van der Waals surface area contributed by atoms with Crippen LogP contribution in [-0.2, 0) is 9.59 Å². The van der Waals surface area contributed by atoms with Crippen LogP contribution in [0.5, 0.6) is 11.5 Å². The summed E-state index contributed by atoms with van der Waals surface area (Å²) in [5.74, 6) is 2.05. The Bertz CT molecular complexity index is 1020.